The summed E-state index contributed by atoms with van der Waals surface area (Å²) < 4.78 is 0. The number of H-pyrrole nitrogens is 2. The summed E-state index contributed by atoms with van der Waals surface area (Å²) in [5.74, 6) is 0. The van der Waals surface area contributed by atoms with Crippen molar-refractivity contribution in [3.63, 3.8) is 0 Å². The van der Waals surface area contributed by atoms with E-state index in [0.29, 0.717) is 0 Å². The van der Waals surface area contributed by atoms with Crippen molar-refractivity contribution >= 4 is 40.9 Å². The van der Waals surface area contributed by atoms with E-state index in [4.69, 9.17) is 0 Å². The lowest BCUT2D eigenvalue weighted by Gasteiger charge is -2.25. The van der Waals surface area contributed by atoms with E-state index in [1.807, 2.05) is 91.6 Å². The number of rotatable bonds is 7. The summed E-state index contributed by atoms with van der Waals surface area (Å²) in [5.41, 5.74) is 6.95. The highest BCUT2D eigenvalue weighted by atomic mass is 15.1. The second-order valence-electron chi connectivity index (χ2n) is 7.47. The van der Waals surface area contributed by atoms with E-state index in [1.165, 1.54) is 0 Å². The molecule has 2 N–H and O–H groups in total. The highest BCUT2D eigenvalue weighted by Crippen LogP contribution is 2.35. The number of benzene rings is 3. The minimum absolute atomic E-state index is 0.898. The van der Waals surface area contributed by atoms with Crippen LogP contribution in [-0.2, 0) is 0 Å². The predicted octanol–water partition coefficient (Wildman–Crippen LogP) is 7.31. The first-order valence-corrected chi connectivity index (χ1v) is 10.8. The van der Waals surface area contributed by atoms with Crippen molar-refractivity contribution in [2.75, 3.05) is 4.90 Å². The van der Waals surface area contributed by atoms with Gasteiger partial charge in [-0.15, -0.1) is 0 Å². The maximum Gasteiger partial charge on any atom is 0.0632 e. The summed E-state index contributed by atoms with van der Waals surface area (Å²) in [6.45, 7) is 0. The number of nitrogens with one attached hydrogen (secondary N) is 2. The molecule has 0 unspecified atom stereocenters. The van der Waals surface area contributed by atoms with Crippen molar-refractivity contribution in [2.24, 2.45) is 9.98 Å². The molecule has 0 atom stereocenters. The first-order valence-electron chi connectivity index (χ1n) is 10.8. The summed E-state index contributed by atoms with van der Waals surface area (Å²) in [4.78, 5) is 17.6. The first-order chi connectivity index (χ1) is 16.3. The molecule has 5 nitrogen and oxygen atoms in total. The zero-order valence-electron chi connectivity index (χ0n) is 18.0. The third-order valence-electron chi connectivity index (χ3n) is 5.18. The highest BCUT2D eigenvalue weighted by Gasteiger charge is 2.12. The molecule has 5 aromatic rings. The van der Waals surface area contributed by atoms with Crippen molar-refractivity contribution in [3.05, 3.63) is 127 Å². The van der Waals surface area contributed by atoms with Crippen LogP contribution in [0.4, 0.5) is 28.4 Å². The van der Waals surface area contributed by atoms with Crippen LogP contribution in [0.25, 0.3) is 0 Å². The molecule has 0 amide bonds. The number of nitrogens with zero attached hydrogens (tertiary/aromatic N) is 3. The number of hydrogen-bond acceptors (Lipinski definition) is 3. The van der Waals surface area contributed by atoms with Crippen LogP contribution >= 0.6 is 0 Å². The summed E-state index contributed by atoms with van der Waals surface area (Å²) in [6.07, 6.45) is 7.44. The lowest BCUT2D eigenvalue weighted by molar-refractivity contribution is 1.28. The number of aromatic nitrogens is 2. The van der Waals surface area contributed by atoms with E-state index in [2.05, 4.69) is 61.3 Å². The number of hydrogen-bond donors (Lipinski definition) is 2. The van der Waals surface area contributed by atoms with Crippen LogP contribution in [0.15, 0.2) is 126 Å². The Morgan fingerprint density at radius 1 is 0.485 bits per heavy atom. The smallest absolute Gasteiger partial charge is 0.0632 e. The molecular formula is C28H23N5. The summed E-state index contributed by atoms with van der Waals surface area (Å²) >= 11 is 0. The van der Waals surface area contributed by atoms with Crippen molar-refractivity contribution < 1.29 is 0 Å². The molecule has 160 valence electrons. The van der Waals surface area contributed by atoms with E-state index in [1.54, 1.807) is 0 Å². The predicted molar refractivity (Wildman–Crippen MR) is 137 cm³/mol. The van der Waals surface area contributed by atoms with Crippen LogP contribution in [0.2, 0.25) is 0 Å². The Bertz CT molecular complexity index is 1230. The lowest BCUT2D eigenvalue weighted by atomic mass is 10.1. The maximum absolute atomic E-state index is 4.55. The van der Waals surface area contributed by atoms with Crippen LogP contribution in [0.3, 0.4) is 0 Å². The fourth-order valence-electron chi connectivity index (χ4n) is 3.54. The third kappa shape index (κ3) is 4.99. The Hall–Kier alpha value is -4.64. The molecule has 2 heterocycles. The second kappa shape index (κ2) is 9.66. The average molecular weight is 430 g/mol. The quantitative estimate of drug-likeness (QED) is 0.262. The zero-order valence-corrected chi connectivity index (χ0v) is 18.0. The van der Waals surface area contributed by atoms with Gasteiger partial charge in [0.25, 0.3) is 0 Å². The summed E-state index contributed by atoms with van der Waals surface area (Å²) in [5, 5.41) is 0. The lowest BCUT2D eigenvalue weighted by Crippen LogP contribution is -2.09. The minimum Gasteiger partial charge on any atom is -0.360 e. The SMILES string of the molecule is C(=Nc1ccc(N(c2ccccc2)c2ccc(N=Cc3ccc[nH]3)cc2)cc1)c1ccc[nH]1. The van der Waals surface area contributed by atoms with E-state index in [0.717, 1.165) is 39.8 Å². The third-order valence-corrected chi connectivity index (χ3v) is 5.18. The topological polar surface area (TPSA) is 59.5 Å². The van der Waals surface area contributed by atoms with Crippen LogP contribution in [0.5, 0.6) is 0 Å². The van der Waals surface area contributed by atoms with E-state index < -0.39 is 0 Å². The molecule has 3 aromatic carbocycles. The van der Waals surface area contributed by atoms with Gasteiger partial charge < -0.3 is 14.9 Å². The van der Waals surface area contributed by atoms with Crippen molar-refractivity contribution in [2.45, 2.75) is 0 Å². The Kier molecular flexibility index (Phi) is 5.94. The summed E-state index contributed by atoms with van der Waals surface area (Å²) in [6, 6.07) is 34.7. The van der Waals surface area contributed by atoms with Gasteiger partial charge in [-0.05, 0) is 84.9 Å². The van der Waals surface area contributed by atoms with Crippen LogP contribution in [-0.4, -0.2) is 22.4 Å². The number of anilines is 3. The molecule has 0 spiro atoms. The second-order valence-corrected chi connectivity index (χ2v) is 7.47. The minimum atomic E-state index is 0.898. The summed E-state index contributed by atoms with van der Waals surface area (Å²) in [7, 11) is 0. The Labute approximate surface area is 192 Å². The maximum atomic E-state index is 4.55. The number of para-hydroxylation sites is 1. The molecule has 0 aliphatic heterocycles. The highest BCUT2D eigenvalue weighted by molar-refractivity contribution is 5.82. The van der Waals surface area contributed by atoms with E-state index in [-0.39, 0.29) is 0 Å². The molecule has 0 radical (unpaired) electrons. The largest absolute Gasteiger partial charge is 0.360 e. The van der Waals surface area contributed by atoms with E-state index >= 15 is 0 Å². The standard InChI is InChI=1S/C28H23N5/c1-2-8-26(9-3-1)33(27-14-10-22(11-15-27)31-20-24-6-4-18-29-24)28-16-12-23(13-17-28)32-21-25-7-5-19-30-25/h1-21,29-30H. The van der Waals surface area contributed by atoms with Gasteiger partial charge in [-0.25, -0.2) is 0 Å². The van der Waals surface area contributed by atoms with Gasteiger partial charge in [0.05, 0.1) is 35.2 Å². The van der Waals surface area contributed by atoms with Gasteiger partial charge in [0.15, 0.2) is 0 Å². The molecule has 33 heavy (non-hydrogen) atoms. The molecule has 0 fully saturated rings. The Balaban J connectivity index is 1.42. The molecular weight excluding hydrogens is 406 g/mol. The van der Waals surface area contributed by atoms with Crippen molar-refractivity contribution in [3.8, 4) is 0 Å². The number of aliphatic imine (C=N–C) groups is 2. The number of aromatic amines is 2. The fraction of sp³-hybridized carbons (Fsp3) is 0. The fourth-order valence-corrected chi connectivity index (χ4v) is 3.54. The normalized spacial score (nSPS) is 11.4. The van der Waals surface area contributed by atoms with Crippen LogP contribution in [0, 0.1) is 0 Å². The van der Waals surface area contributed by atoms with E-state index in [9.17, 15) is 0 Å². The Morgan fingerprint density at radius 3 is 1.36 bits per heavy atom. The molecule has 0 saturated heterocycles. The molecule has 5 rings (SSSR count). The van der Waals surface area contributed by atoms with Gasteiger partial charge in [-0.2, -0.15) is 0 Å². The van der Waals surface area contributed by atoms with Gasteiger partial charge in [0.1, 0.15) is 0 Å². The van der Waals surface area contributed by atoms with Gasteiger partial charge in [-0.1, -0.05) is 18.2 Å². The molecule has 0 aliphatic rings. The van der Waals surface area contributed by atoms with Gasteiger partial charge >= 0.3 is 0 Å². The average Bonchev–Trinajstić information content (AvgIpc) is 3.59. The monoisotopic (exact) mass is 429 g/mol. The Morgan fingerprint density at radius 2 is 0.939 bits per heavy atom. The molecule has 0 saturated carbocycles. The van der Waals surface area contributed by atoms with Crippen LogP contribution in [0.1, 0.15) is 11.4 Å². The van der Waals surface area contributed by atoms with Gasteiger partial charge in [0, 0.05) is 29.5 Å². The zero-order chi connectivity index (χ0) is 22.3. The van der Waals surface area contributed by atoms with Crippen LogP contribution < -0.4 is 4.90 Å². The molecule has 0 bridgehead atoms. The van der Waals surface area contributed by atoms with Gasteiger partial charge in [-0.3, -0.25) is 9.98 Å². The van der Waals surface area contributed by atoms with Crippen molar-refractivity contribution in [1.82, 2.24) is 9.97 Å². The van der Waals surface area contributed by atoms with Crippen molar-refractivity contribution in [1.29, 1.82) is 0 Å². The first kappa shape index (κ1) is 20.3. The molecule has 5 heteroatoms. The van der Waals surface area contributed by atoms with Gasteiger partial charge in [0.2, 0.25) is 0 Å². The molecule has 2 aromatic heterocycles. The molecule has 0 aliphatic carbocycles.